The van der Waals surface area contributed by atoms with Crippen molar-refractivity contribution in [1.82, 2.24) is 9.88 Å². The van der Waals surface area contributed by atoms with Gasteiger partial charge in [-0.2, -0.15) is 0 Å². The van der Waals surface area contributed by atoms with Crippen LogP contribution in [0.1, 0.15) is 24.0 Å². The van der Waals surface area contributed by atoms with Crippen LogP contribution in [-0.4, -0.2) is 42.3 Å². The number of fused-ring (bicyclic) bond motifs is 1. The van der Waals surface area contributed by atoms with Crippen molar-refractivity contribution >= 4 is 0 Å². The number of pyridine rings is 1. The zero-order valence-corrected chi connectivity index (χ0v) is 13.9. The summed E-state index contributed by atoms with van der Waals surface area (Å²) in [7, 11) is 0. The molecule has 5 heteroatoms. The Bertz CT molecular complexity index is 631. The fourth-order valence-corrected chi connectivity index (χ4v) is 3.97. The zero-order valence-electron chi connectivity index (χ0n) is 13.9. The predicted octanol–water partition coefficient (Wildman–Crippen LogP) is 2.87. The second-order valence-corrected chi connectivity index (χ2v) is 6.95. The van der Waals surface area contributed by atoms with E-state index in [1.807, 2.05) is 36.9 Å². The van der Waals surface area contributed by atoms with Gasteiger partial charge in [-0.3, -0.25) is 9.88 Å². The summed E-state index contributed by atoms with van der Waals surface area (Å²) in [6.07, 6.45) is 9.69. The second-order valence-electron chi connectivity index (χ2n) is 6.95. The number of ether oxygens (including phenoxy) is 2. The molecule has 0 bridgehead atoms. The van der Waals surface area contributed by atoms with E-state index in [2.05, 4.69) is 9.88 Å². The van der Waals surface area contributed by atoms with Crippen LogP contribution in [0.2, 0.25) is 0 Å². The summed E-state index contributed by atoms with van der Waals surface area (Å²) in [4.78, 5) is 6.56. The third kappa shape index (κ3) is 3.38. The van der Waals surface area contributed by atoms with Crippen molar-refractivity contribution in [2.24, 2.45) is 5.41 Å². The van der Waals surface area contributed by atoms with Crippen molar-refractivity contribution in [2.45, 2.75) is 32.1 Å². The Morgan fingerprint density at radius 2 is 2.17 bits per heavy atom. The molecule has 0 radical (unpaired) electrons. The van der Waals surface area contributed by atoms with Crippen LogP contribution in [0.15, 0.2) is 47.5 Å². The third-order valence-electron chi connectivity index (χ3n) is 5.24. The lowest BCUT2D eigenvalue weighted by molar-refractivity contribution is -0.0685. The number of hydrogen-bond donors (Lipinski definition) is 0. The molecule has 2 aliphatic rings. The van der Waals surface area contributed by atoms with E-state index < -0.39 is 0 Å². The highest BCUT2D eigenvalue weighted by Crippen LogP contribution is 2.41. The Morgan fingerprint density at radius 1 is 1.25 bits per heavy atom. The molecule has 2 saturated heterocycles. The first-order valence-electron chi connectivity index (χ1n) is 8.66. The zero-order chi connectivity index (χ0) is 16.2. The van der Waals surface area contributed by atoms with Crippen LogP contribution in [0.4, 0.5) is 0 Å². The Balaban J connectivity index is 1.38. The average Bonchev–Trinajstić information content (AvgIpc) is 3.25. The molecule has 0 amide bonds. The van der Waals surface area contributed by atoms with E-state index in [-0.39, 0.29) is 5.41 Å². The number of rotatable bonds is 6. The van der Waals surface area contributed by atoms with Crippen LogP contribution in [-0.2, 0) is 22.6 Å². The first-order chi connectivity index (χ1) is 11.8. The molecule has 0 spiro atoms. The van der Waals surface area contributed by atoms with Gasteiger partial charge in [0.2, 0.25) is 0 Å². The van der Waals surface area contributed by atoms with E-state index in [4.69, 9.17) is 13.9 Å². The summed E-state index contributed by atoms with van der Waals surface area (Å²) in [6, 6.07) is 6.06. The Morgan fingerprint density at radius 3 is 3.00 bits per heavy atom. The number of likely N-dealkylation sites (tertiary alicyclic amines) is 1. The maximum Gasteiger partial charge on any atom is 0.0947 e. The molecule has 0 unspecified atom stereocenters. The van der Waals surface area contributed by atoms with Gasteiger partial charge >= 0.3 is 0 Å². The van der Waals surface area contributed by atoms with Gasteiger partial charge in [-0.05, 0) is 36.6 Å². The monoisotopic (exact) mass is 328 g/mol. The second kappa shape index (κ2) is 7.05. The predicted molar refractivity (Wildman–Crippen MR) is 89.3 cm³/mol. The SMILES string of the molecule is c1cc(COC[C@]23CCO[C@H]2CCN(Cc2ccoc2)C3)ccn1. The molecule has 2 aromatic rings. The van der Waals surface area contributed by atoms with Crippen LogP contribution in [0.5, 0.6) is 0 Å². The third-order valence-corrected chi connectivity index (χ3v) is 5.24. The molecule has 4 rings (SSSR count). The fourth-order valence-electron chi connectivity index (χ4n) is 3.97. The summed E-state index contributed by atoms with van der Waals surface area (Å²) < 4.78 is 17.3. The molecule has 2 aromatic heterocycles. The molecule has 0 aromatic carbocycles. The van der Waals surface area contributed by atoms with Gasteiger partial charge in [-0.15, -0.1) is 0 Å². The van der Waals surface area contributed by atoms with Crippen molar-refractivity contribution in [2.75, 3.05) is 26.3 Å². The number of nitrogens with zero attached hydrogens (tertiary/aromatic N) is 2. The summed E-state index contributed by atoms with van der Waals surface area (Å²) in [6.45, 7) is 5.28. The minimum Gasteiger partial charge on any atom is -0.472 e. The van der Waals surface area contributed by atoms with E-state index in [1.54, 1.807) is 6.26 Å². The van der Waals surface area contributed by atoms with E-state index in [0.717, 1.165) is 45.7 Å². The Labute approximate surface area is 142 Å². The number of hydrogen-bond acceptors (Lipinski definition) is 5. The summed E-state index contributed by atoms with van der Waals surface area (Å²) in [5.74, 6) is 0. The van der Waals surface area contributed by atoms with Gasteiger partial charge in [0.1, 0.15) is 0 Å². The van der Waals surface area contributed by atoms with Crippen LogP contribution >= 0.6 is 0 Å². The normalized spacial score (nSPS) is 27.2. The average molecular weight is 328 g/mol. The van der Waals surface area contributed by atoms with Gasteiger partial charge in [0.25, 0.3) is 0 Å². The van der Waals surface area contributed by atoms with Crippen molar-refractivity contribution in [3.63, 3.8) is 0 Å². The molecule has 2 fully saturated rings. The molecule has 2 aliphatic heterocycles. The smallest absolute Gasteiger partial charge is 0.0947 e. The van der Waals surface area contributed by atoms with Crippen molar-refractivity contribution in [3.05, 3.63) is 54.2 Å². The topological polar surface area (TPSA) is 47.7 Å². The highest BCUT2D eigenvalue weighted by molar-refractivity contribution is 5.09. The van der Waals surface area contributed by atoms with Gasteiger partial charge in [0, 0.05) is 49.6 Å². The van der Waals surface area contributed by atoms with Gasteiger partial charge in [0.05, 0.1) is 31.8 Å². The quantitative estimate of drug-likeness (QED) is 0.816. The largest absolute Gasteiger partial charge is 0.472 e. The molecule has 0 aliphatic carbocycles. The Kier molecular flexibility index (Phi) is 4.65. The highest BCUT2D eigenvalue weighted by Gasteiger charge is 2.48. The van der Waals surface area contributed by atoms with Crippen LogP contribution in [0.25, 0.3) is 0 Å². The molecule has 24 heavy (non-hydrogen) atoms. The Hall–Kier alpha value is -1.69. The fraction of sp³-hybridized carbons (Fsp3) is 0.526. The van der Waals surface area contributed by atoms with E-state index in [0.29, 0.717) is 12.7 Å². The maximum absolute atomic E-state index is 6.09. The molecule has 2 atom stereocenters. The van der Waals surface area contributed by atoms with Crippen LogP contribution in [0, 0.1) is 5.41 Å². The van der Waals surface area contributed by atoms with Crippen molar-refractivity contribution in [3.8, 4) is 0 Å². The molecule has 0 N–H and O–H groups in total. The molecule has 0 saturated carbocycles. The number of piperidine rings is 1. The lowest BCUT2D eigenvalue weighted by Gasteiger charge is -2.43. The summed E-state index contributed by atoms with van der Waals surface area (Å²) in [5, 5.41) is 0. The number of furan rings is 1. The van der Waals surface area contributed by atoms with Crippen LogP contribution < -0.4 is 0 Å². The molecule has 5 nitrogen and oxygen atoms in total. The van der Waals surface area contributed by atoms with E-state index in [9.17, 15) is 0 Å². The van der Waals surface area contributed by atoms with E-state index >= 15 is 0 Å². The summed E-state index contributed by atoms with van der Waals surface area (Å²) >= 11 is 0. The molecular formula is C19H24N2O3. The van der Waals surface area contributed by atoms with Gasteiger partial charge in [0.15, 0.2) is 0 Å². The highest BCUT2D eigenvalue weighted by atomic mass is 16.5. The minimum absolute atomic E-state index is 0.120. The standard InChI is InChI=1S/C19H24N2O3/c1-6-20-7-2-16(1)12-23-15-19-5-10-24-18(19)3-8-21(14-19)11-17-4-9-22-13-17/h1-2,4,6-7,9,13,18H,3,5,8,10-12,14-15H2/t18-,19+/m0/s1. The van der Waals surface area contributed by atoms with Gasteiger partial charge < -0.3 is 13.9 Å². The number of aromatic nitrogens is 1. The molecule has 128 valence electrons. The molecule has 4 heterocycles. The van der Waals surface area contributed by atoms with Crippen LogP contribution in [0.3, 0.4) is 0 Å². The summed E-state index contributed by atoms with van der Waals surface area (Å²) in [5.41, 5.74) is 2.53. The first-order valence-corrected chi connectivity index (χ1v) is 8.66. The van der Waals surface area contributed by atoms with E-state index in [1.165, 1.54) is 11.1 Å². The molecular weight excluding hydrogens is 304 g/mol. The lowest BCUT2D eigenvalue weighted by atomic mass is 9.77. The minimum atomic E-state index is 0.120. The maximum atomic E-state index is 6.09. The van der Waals surface area contributed by atoms with Gasteiger partial charge in [-0.25, -0.2) is 0 Å². The lowest BCUT2D eigenvalue weighted by Crippen LogP contribution is -2.51. The van der Waals surface area contributed by atoms with Crippen molar-refractivity contribution in [1.29, 1.82) is 0 Å². The van der Waals surface area contributed by atoms with Gasteiger partial charge in [-0.1, -0.05) is 0 Å². The van der Waals surface area contributed by atoms with Crippen molar-refractivity contribution < 1.29 is 13.9 Å². The first kappa shape index (κ1) is 15.8.